The largest absolute Gasteiger partial charge is 0.432 e. The molecule has 6 aliphatic heterocycles. The van der Waals surface area contributed by atoms with Crippen LogP contribution in [-0.4, -0.2) is 316 Å². The quantitative estimate of drug-likeness (QED) is 0.0390. The standard InChI is InChI=1S/C64H104O31/c1-25-36(69)41(74)46(79)54(87-25)93-50-30(20-66)89-52(49(82)44(50)77)85-22-31-39(72)43(76)48(81)56(90-31)95-58(83)64-16-14-59(2,3)18-27(64)26-8-9-34-60(4)12-11-35(61(5,24-67)33(60)10-13-63(34,7)62(26,6)15-17-64)92-57-51(94-53-45(78)37(70)28(68)21-84-53)40(73)32(23-86-57)91-55-47(80)42(75)38(71)29(19-65)88-55/h8,25,27-57,65-82H,9-24H2,1-7H3/t25-,27?,28+,29-,30+,31+,32-,33?,34?,35-,36-,37-,38-,39+,40-,41+,42+,43-,44+,45+,46+,47-,48+,49+,50+,51+,52+,53-,54-,55+,56-,57-,60-,61-,62+,63+,64-/m0/s1. The van der Waals surface area contributed by atoms with Crippen LogP contribution in [0.25, 0.3) is 0 Å². The number of carbonyl (C=O) groups is 1. The van der Waals surface area contributed by atoms with Crippen molar-refractivity contribution in [3.05, 3.63) is 11.6 Å². The van der Waals surface area contributed by atoms with Gasteiger partial charge in [-0.25, -0.2) is 0 Å². The summed E-state index contributed by atoms with van der Waals surface area (Å²) < 4.78 is 71.4. The molecule has 0 aromatic carbocycles. The first-order valence-electron chi connectivity index (χ1n) is 33.7. The van der Waals surface area contributed by atoms with Gasteiger partial charge in [0.15, 0.2) is 31.5 Å². The van der Waals surface area contributed by atoms with Crippen LogP contribution in [0.4, 0.5) is 0 Å². The number of aliphatic hydroxyl groups excluding tert-OH is 18. The summed E-state index contributed by atoms with van der Waals surface area (Å²) in [5.74, 6) is -1.10. The predicted octanol–water partition coefficient (Wildman–Crippen LogP) is -5.11. The van der Waals surface area contributed by atoms with Crippen LogP contribution in [0.2, 0.25) is 0 Å². The van der Waals surface area contributed by atoms with Crippen LogP contribution in [-0.2, 0) is 61.6 Å². The van der Waals surface area contributed by atoms with Gasteiger partial charge in [0.2, 0.25) is 6.29 Å². The van der Waals surface area contributed by atoms with Gasteiger partial charge in [-0.05, 0) is 111 Å². The van der Waals surface area contributed by atoms with Gasteiger partial charge in [-0.2, -0.15) is 0 Å². The highest BCUT2D eigenvalue weighted by Gasteiger charge is 2.71. The van der Waals surface area contributed by atoms with Crippen molar-refractivity contribution in [3.63, 3.8) is 0 Å². The summed E-state index contributed by atoms with van der Waals surface area (Å²) in [6.07, 6.45) is -38.9. The molecule has 546 valence electrons. The Morgan fingerprint density at radius 1 is 0.516 bits per heavy atom. The number of allylic oxidation sites excluding steroid dienone is 2. The van der Waals surface area contributed by atoms with Crippen molar-refractivity contribution in [2.45, 2.75) is 291 Å². The fourth-order valence-electron chi connectivity index (χ4n) is 18.7. The van der Waals surface area contributed by atoms with Crippen LogP contribution < -0.4 is 0 Å². The summed E-state index contributed by atoms with van der Waals surface area (Å²) in [7, 11) is 0. The molecule has 10 fully saturated rings. The molecule has 0 aromatic rings. The van der Waals surface area contributed by atoms with Crippen LogP contribution >= 0.6 is 0 Å². The van der Waals surface area contributed by atoms with Gasteiger partial charge in [0.05, 0.1) is 57.3 Å². The van der Waals surface area contributed by atoms with Crippen LogP contribution in [0.15, 0.2) is 11.6 Å². The monoisotopic (exact) mass is 1370 g/mol. The first-order chi connectivity index (χ1) is 44.6. The number of rotatable bonds is 16. The third-order valence-electron chi connectivity index (χ3n) is 25.0. The van der Waals surface area contributed by atoms with Gasteiger partial charge in [0.1, 0.15) is 128 Å². The topological polar surface area (TPSA) is 492 Å². The highest BCUT2D eigenvalue weighted by Crippen LogP contribution is 2.76. The van der Waals surface area contributed by atoms with Gasteiger partial charge in [0, 0.05) is 5.41 Å². The van der Waals surface area contributed by atoms with Crippen LogP contribution in [0.1, 0.15) is 113 Å². The minimum Gasteiger partial charge on any atom is -0.432 e. The predicted molar refractivity (Wildman–Crippen MR) is 316 cm³/mol. The smallest absolute Gasteiger partial charge is 0.315 e. The molecule has 4 saturated carbocycles. The molecule has 0 amide bonds. The van der Waals surface area contributed by atoms with Crippen molar-refractivity contribution in [2.75, 3.05) is 39.6 Å². The zero-order valence-electron chi connectivity index (χ0n) is 54.7. The Morgan fingerprint density at radius 2 is 1.09 bits per heavy atom. The van der Waals surface area contributed by atoms with E-state index in [1.807, 2.05) is 6.92 Å². The fraction of sp³-hybridized carbons (Fsp3) is 0.953. The van der Waals surface area contributed by atoms with Crippen molar-refractivity contribution in [2.24, 2.45) is 50.2 Å². The van der Waals surface area contributed by atoms with Crippen LogP contribution in [0, 0.1) is 50.2 Å². The SMILES string of the molecule is C[C@@H]1O[C@@H](O[C@H]2[C@H](O)[C@@H](O)[C@H](OC[C@H]3O[C@@H](OC(=O)[C@]45CCC(C)(C)CC4C4=CCC6[C@@]7(C)CC[C@H](O[C@@H]8OC[C@H](O[C@H]9O[C@@H](CO)[C@H](O)[C@@H](O)[C@@H]9O)[C@H](O)[C@H]8O[C@@H]8OC[C@@H](O)[C@H](O)[C@H]8O)[C@@](C)(CO)C7CC[C@@]6(C)[C@]4(C)CC5)[C@H](O)[C@@H](O)[C@@H]3O)O[C@@H]2CO)[C@H](O)[C@H](O)[C@H]1O. The molecular formula is C64H104O31. The summed E-state index contributed by atoms with van der Waals surface area (Å²) in [6.45, 7) is 11.2. The van der Waals surface area contributed by atoms with E-state index in [0.717, 1.165) is 5.57 Å². The van der Waals surface area contributed by atoms with Crippen molar-refractivity contribution in [1.82, 2.24) is 0 Å². The van der Waals surface area contributed by atoms with E-state index in [1.165, 1.54) is 6.92 Å². The van der Waals surface area contributed by atoms with Gasteiger partial charge < -0.3 is 149 Å². The number of hydrogen-bond acceptors (Lipinski definition) is 31. The Morgan fingerprint density at radius 3 is 1.77 bits per heavy atom. The maximum atomic E-state index is 15.3. The molecule has 5 aliphatic carbocycles. The van der Waals surface area contributed by atoms with Gasteiger partial charge in [-0.1, -0.05) is 53.2 Å². The third-order valence-corrected chi connectivity index (χ3v) is 25.0. The lowest BCUT2D eigenvalue weighted by atomic mass is 9.33. The number of carbonyl (C=O) groups excluding carboxylic acids is 1. The number of hydrogen-bond donors (Lipinski definition) is 18. The molecule has 31 nitrogen and oxygen atoms in total. The first kappa shape index (κ1) is 74.2. The van der Waals surface area contributed by atoms with E-state index in [4.69, 9.17) is 56.8 Å². The second kappa shape index (κ2) is 28.0. The molecule has 6 heterocycles. The van der Waals surface area contributed by atoms with Gasteiger partial charge in [-0.3, -0.25) is 4.79 Å². The van der Waals surface area contributed by atoms with Crippen molar-refractivity contribution >= 4 is 5.97 Å². The molecule has 18 N–H and O–H groups in total. The van der Waals surface area contributed by atoms with Crippen molar-refractivity contribution in [3.8, 4) is 0 Å². The second-order valence-electron chi connectivity index (χ2n) is 30.9. The average molecular weight is 1370 g/mol. The Labute approximate surface area is 550 Å². The zero-order valence-corrected chi connectivity index (χ0v) is 54.7. The number of aliphatic hydroxyl groups is 18. The molecule has 3 unspecified atom stereocenters. The molecule has 6 saturated heterocycles. The van der Waals surface area contributed by atoms with Gasteiger partial charge in [-0.15, -0.1) is 0 Å². The Hall–Kier alpha value is -1.95. The van der Waals surface area contributed by atoms with Crippen molar-refractivity contribution in [1.29, 1.82) is 0 Å². The van der Waals surface area contributed by atoms with Gasteiger partial charge in [0.25, 0.3) is 0 Å². The first-order valence-corrected chi connectivity index (χ1v) is 33.7. The molecule has 31 heteroatoms. The minimum absolute atomic E-state index is 0.0479. The van der Waals surface area contributed by atoms with E-state index in [2.05, 4.69) is 40.7 Å². The summed E-state index contributed by atoms with van der Waals surface area (Å²) in [6, 6.07) is 0. The summed E-state index contributed by atoms with van der Waals surface area (Å²) in [5.41, 5.74) is -2.38. The summed E-state index contributed by atoms with van der Waals surface area (Å²) >= 11 is 0. The van der Waals surface area contributed by atoms with E-state index in [-0.39, 0.29) is 35.2 Å². The lowest BCUT2D eigenvalue weighted by Gasteiger charge is -2.71. The molecule has 37 atom stereocenters. The maximum Gasteiger partial charge on any atom is 0.315 e. The molecule has 11 aliphatic rings. The molecular weight excluding hydrogens is 1260 g/mol. The van der Waals surface area contributed by atoms with Gasteiger partial charge >= 0.3 is 5.97 Å². The Balaban J connectivity index is 0.784. The highest BCUT2D eigenvalue weighted by molar-refractivity contribution is 5.79. The van der Waals surface area contributed by atoms with Crippen LogP contribution in [0.5, 0.6) is 0 Å². The van der Waals surface area contributed by atoms with E-state index in [9.17, 15) is 91.9 Å². The third kappa shape index (κ3) is 12.8. The van der Waals surface area contributed by atoms with Crippen molar-refractivity contribution < 1.29 is 154 Å². The maximum absolute atomic E-state index is 15.3. The van der Waals surface area contributed by atoms with E-state index < -0.39 is 239 Å². The second-order valence-corrected chi connectivity index (χ2v) is 30.9. The lowest BCUT2D eigenvalue weighted by Crippen LogP contribution is -2.67. The van der Waals surface area contributed by atoms with E-state index in [0.29, 0.717) is 64.2 Å². The molecule has 0 aromatic heterocycles. The Bertz CT molecular complexity index is 2660. The fourth-order valence-corrected chi connectivity index (χ4v) is 18.7. The van der Waals surface area contributed by atoms with Crippen LogP contribution in [0.3, 0.4) is 0 Å². The highest BCUT2D eigenvalue weighted by atomic mass is 16.8. The minimum atomic E-state index is -1.93. The molecule has 0 bridgehead atoms. The lowest BCUT2D eigenvalue weighted by molar-refractivity contribution is -0.377. The molecule has 95 heavy (non-hydrogen) atoms. The normalized spacial score (nSPS) is 54.8. The number of ether oxygens (including phenoxy) is 12. The molecule has 11 rings (SSSR count). The average Bonchev–Trinajstić information content (AvgIpc) is 0.675. The summed E-state index contributed by atoms with van der Waals surface area (Å²) in [4.78, 5) is 15.3. The number of fused-ring (bicyclic) bond motifs is 7. The Kier molecular flexibility index (Phi) is 21.9. The van der Waals surface area contributed by atoms with E-state index >= 15 is 4.79 Å². The molecule has 0 radical (unpaired) electrons. The zero-order chi connectivity index (χ0) is 69.1. The van der Waals surface area contributed by atoms with E-state index in [1.54, 1.807) is 0 Å². The number of esters is 1. The summed E-state index contributed by atoms with van der Waals surface area (Å²) in [5, 5.41) is 195. The molecule has 0 spiro atoms.